The number of pyridine rings is 1. The number of hydrogen-bond acceptors (Lipinski definition) is 4. The normalized spacial score (nSPS) is 11.8. The van der Waals surface area contributed by atoms with E-state index in [1.54, 1.807) is 31.2 Å². The molecule has 2 aromatic carbocycles. The van der Waals surface area contributed by atoms with Crippen LogP contribution in [0, 0.1) is 6.92 Å². The molecule has 3 aromatic rings. The summed E-state index contributed by atoms with van der Waals surface area (Å²) in [5, 5.41) is 0. The van der Waals surface area contributed by atoms with Crippen LogP contribution in [0.3, 0.4) is 0 Å². The predicted octanol–water partition coefficient (Wildman–Crippen LogP) is 6.15. The van der Waals surface area contributed by atoms with Gasteiger partial charge in [-0.05, 0) is 53.4 Å². The van der Waals surface area contributed by atoms with E-state index >= 15 is 0 Å². The largest absolute Gasteiger partial charge is 0.464 e. The molecule has 0 atom stereocenters. The number of carbonyl (C=O) groups is 2. The van der Waals surface area contributed by atoms with E-state index in [0.29, 0.717) is 23.3 Å². The summed E-state index contributed by atoms with van der Waals surface area (Å²) < 4.78 is 84.2. The van der Waals surface area contributed by atoms with Crippen LogP contribution in [0.25, 0.3) is 11.1 Å². The molecule has 0 aliphatic heterocycles. The number of methoxy groups -OCH3 is 1. The number of nitrogens with zero attached hydrogens (tertiary/aromatic N) is 2. The van der Waals surface area contributed by atoms with Gasteiger partial charge in [0.15, 0.2) is 5.69 Å². The van der Waals surface area contributed by atoms with Gasteiger partial charge in [0.05, 0.1) is 23.8 Å². The third-order valence-electron chi connectivity index (χ3n) is 5.39. The molecule has 0 N–H and O–H groups in total. The van der Waals surface area contributed by atoms with E-state index in [1.165, 1.54) is 19.3 Å². The first-order valence-corrected chi connectivity index (χ1v) is 10.4. The number of carbonyl (C=O) groups excluding carboxylic acids is 2. The van der Waals surface area contributed by atoms with Crippen molar-refractivity contribution in [2.75, 3.05) is 14.2 Å². The van der Waals surface area contributed by atoms with E-state index in [-0.39, 0.29) is 17.3 Å². The average molecular weight is 510 g/mol. The van der Waals surface area contributed by atoms with Crippen molar-refractivity contribution in [3.63, 3.8) is 0 Å². The van der Waals surface area contributed by atoms with Crippen molar-refractivity contribution < 1.29 is 40.7 Å². The molecule has 1 amide bonds. The van der Waals surface area contributed by atoms with Gasteiger partial charge in [-0.1, -0.05) is 24.3 Å². The van der Waals surface area contributed by atoms with E-state index in [2.05, 4.69) is 4.98 Å². The lowest BCUT2D eigenvalue weighted by Crippen LogP contribution is -2.29. The van der Waals surface area contributed by atoms with Crippen molar-refractivity contribution in [1.82, 2.24) is 9.88 Å². The molecule has 0 spiro atoms. The first kappa shape index (κ1) is 26.7. The van der Waals surface area contributed by atoms with Crippen molar-refractivity contribution in [2.24, 2.45) is 0 Å². The molecule has 0 unspecified atom stereocenters. The number of alkyl halides is 6. The molecule has 36 heavy (non-hydrogen) atoms. The molecule has 5 nitrogen and oxygen atoms in total. The molecule has 1 heterocycles. The highest BCUT2D eigenvalue weighted by atomic mass is 19.4. The summed E-state index contributed by atoms with van der Waals surface area (Å²) in [7, 11) is 2.29. The quantitative estimate of drug-likeness (QED) is 0.305. The molecule has 0 aliphatic carbocycles. The predicted molar refractivity (Wildman–Crippen MR) is 118 cm³/mol. The van der Waals surface area contributed by atoms with Crippen molar-refractivity contribution in [3.8, 4) is 11.1 Å². The zero-order chi connectivity index (χ0) is 26.8. The monoisotopic (exact) mass is 510 g/mol. The molecular formula is C25H20F6N2O3. The summed E-state index contributed by atoms with van der Waals surface area (Å²) in [5.41, 5.74) is -2.27. The standard InChI is InChI=1S/C25H20F6N2O3/c1-14-6-4-5-7-18(14)19-8-9-32-21(23(35)36-3)20(19)22(34)33(2)13-15-10-16(24(26,27)28)12-17(11-15)25(29,30)31/h4-12H,13H2,1-3H3. The minimum atomic E-state index is -5.03. The van der Waals surface area contributed by atoms with E-state index in [0.717, 1.165) is 17.6 Å². The zero-order valence-corrected chi connectivity index (χ0v) is 19.3. The maximum atomic E-state index is 13.5. The van der Waals surface area contributed by atoms with Gasteiger partial charge in [0.1, 0.15) is 0 Å². The molecule has 1 aromatic heterocycles. The molecule has 0 radical (unpaired) electrons. The third kappa shape index (κ3) is 5.67. The fraction of sp³-hybridized carbons (Fsp3) is 0.240. The number of halogens is 6. The van der Waals surface area contributed by atoms with Crippen LogP contribution in [-0.4, -0.2) is 35.9 Å². The smallest absolute Gasteiger partial charge is 0.416 e. The first-order valence-electron chi connectivity index (χ1n) is 10.4. The first-order chi connectivity index (χ1) is 16.7. The Morgan fingerprint density at radius 2 is 1.50 bits per heavy atom. The molecule has 0 saturated carbocycles. The Hall–Kier alpha value is -3.89. The van der Waals surface area contributed by atoms with E-state index < -0.39 is 47.5 Å². The van der Waals surface area contributed by atoms with Crippen LogP contribution in [0.2, 0.25) is 0 Å². The van der Waals surface area contributed by atoms with Gasteiger partial charge < -0.3 is 9.64 Å². The summed E-state index contributed by atoms with van der Waals surface area (Å²) in [6.45, 7) is 1.17. The zero-order valence-electron chi connectivity index (χ0n) is 19.3. The van der Waals surface area contributed by atoms with Crippen LogP contribution in [0.15, 0.2) is 54.7 Å². The van der Waals surface area contributed by atoms with Crippen LogP contribution in [0.4, 0.5) is 26.3 Å². The molecule has 0 aliphatic rings. The number of ether oxygens (including phenoxy) is 1. The summed E-state index contributed by atoms with van der Waals surface area (Å²) in [4.78, 5) is 30.8. The maximum Gasteiger partial charge on any atom is 0.416 e. The number of hydrogen-bond donors (Lipinski definition) is 0. The van der Waals surface area contributed by atoms with Crippen molar-refractivity contribution in [2.45, 2.75) is 25.8 Å². The Morgan fingerprint density at radius 3 is 2.03 bits per heavy atom. The van der Waals surface area contributed by atoms with E-state index in [1.807, 2.05) is 0 Å². The lowest BCUT2D eigenvalue weighted by Gasteiger charge is -2.22. The number of esters is 1. The van der Waals surface area contributed by atoms with Crippen LogP contribution in [0.1, 0.15) is 43.1 Å². The SMILES string of the molecule is COC(=O)c1nccc(-c2ccccc2C)c1C(=O)N(C)Cc1cc(C(F)(F)F)cc(C(F)(F)F)c1. The highest BCUT2D eigenvalue weighted by molar-refractivity contribution is 6.09. The molecular weight excluding hydrogens is 490 g/mol. The Morgan fingerprint density at radius 1 is 0.917 bits per heavy atom. The lowest BCUT2D eigenvalue weighted by atomic mass is 9.94. The summed E-state index contributed by atoms with van der Waals surface area (Å²) >= 11 is 0. The minimum Gasteiger partial charge on any atom is -0.464 e. The summed E-state index contributed by atoms with van der Waals surface area (Å²) in [5.74, 6) is -1.77. The fourth-order valence-corrected chi connectivity index (χ4v) is 3.68. The average Bonchev–Trinajstić information content (AvgIpc) is 2.81. The number of aromatic nitrogens is 1. The number of rotatable bonds is 5. The highest BCUT2D eigenvalue weighted by Gasteiger charge is 2.37. The van der Waals surface area contributed by atoms with Crippen molar-refractivity contribution >= 4 is 11.9 Å². The molecule has 0 saturated heterocycles. The van der Waals surface area contributed by atoms with Crippen LogP contribution in [-0.2, 0) is 23.6 Å². The number of benzene rings is 2. The van der Waals surface area contributed by atoms with Crippen molar-refractivity contribution in [3.05, 3.63) is 88.2 Å². The molecule has 11 heteroatoms. The second kappa shape index (κ2) is 10.00. The second-order valence-electron chi connectivity index (χ2n) is 7.96. The molecule has 190 valence electrons. The van der Waals surface area contributed by atoms with Gasteiger partial charge in [0, 0.05) is 19.8 Å². The Balaban J connectivity index is 2.10. The van der Waals surface area contributed by atoms with Crippen LogP contribution < -0.4 is 0 Å². The maximum absolute atomic E-state index is 13.5. The van der Waals surface area contributed by atoms with Gasteiger partial charge in [-0.3, -0.25) is 4.79 Å². The molecule has 0 bridgehead atoms. The van der Waals surface area contributed by atoms with E-state index in [4.69, 9.17) is 4.74 Å². The lowest BCUT2D eigenvalue weighted by molar-refractivity contribution is -0.143. The van der Waals surface area contributed by atoms with E-state index in [9.17, 15) is 35.9 Å². The van der Waals surface area contributed by atoms with Gasteiger partial charge in [-0.15, -0.1) is 0 Å². The summed E-state index contributed by atoms with van der Waals surface area (Å²) in [6, 6.07) is 9.54. The van der Waals surface area contributed by atoms with Crippen LogP contribution >= 0.6 is 0 Å². The Labute approximate surface area is 202 Å². The highest BCUT2D eigenvalue weighted by Crippen LogP contribution is 2.37. The van der Waals surface area contributed by atoms with Gasteiger partial charge >= 0.3 is 18.3 Å². The van der Waals surface area contributed by atoms with Gasteiger partial charge in [0.25, 0.3) is 5.91 Å². The number of aryl methyl sites for hydroxylation is 1. The Kier molecular flexibility index (Phi) is 7.42. The van der Waals surface area contributed by atoms with Crippen LogP contribution in [0.5, 0.6) is 0 Å². The fourth-order valence-electron chi connectivity index (χ4n) is 3.68. The van der Waals surface area contributed by atoms with Gasteiger partial charge in [-0.2, -0.15) is 26.3 Å². The summed E-state index contributed by atoms with van der Waals surface area (Å²) in [6.07, 6.45) is -8.76. The van der Waals surface area contributed by atoms with Crippen molar-refractivity contribution in [1.29, 1.82) is 0 Å². The minimum absolute atomic E-state index is 0.0120. The molecule has 0 fully saturated rings. The number of amides is 1. The topological polar surface area (TPSA) is 59.5 Å². The third-order valence-corrected chi connectivity index (χ3v) is 5.39. The van der Waals surface area contributed by atoms with Gasteiger partial charge in [-0.25, -0.2) is 9.78 Å². The van der Waals surface area contributed by atoms with Gasteiger partial charge in [0.2, 0.25) is 0 Å². The Bertz CT molecular complexity index is 1270. The molecule has 3 rings (SSSR count). The second-order valence-corrected chi connectivity index (χ2v) is 7.96.